The van der Waals surface area contributed by atoms with Crippen molar-refractivity contribution in [3.63, 3.8) is 0 Å². The van der Waals surface area contributed by atoms with Crippen LogP contribution >= 0.6 is 11.8 Å². The first-order valence-corrected chi connectivity index (χ1v) is 5.29. The van der Waals surface area contributed by atoms with E-state index in [1.54, 1.807) is 31.3 Å². The zero-order chi connectivity index (χ0) is 10.6. The van der Waals surface area contributed by atoms with E-state index in [4.69, 9.17) is 0 Å². The Hall–Kier alpha value is -0.680. The van der Waals surface area contributed by atoms with E-state index in [1.807, 2.05) is 0 Å². The summed E-state index contributed by atoms with van der Waals surface area (Å²) in [7, 11) is 0. The molecule has 14 heavy (non-hydrogen) atoms. The summed E-state index contributed by atoms with van der Waals surface area (Å²) >= 11 is 0.367. The number of ether oxygens (including phenoxy) is 1. The number of pyridine rings is 1. The number of hydrogen-bond donors (Lipinski definition) is 0. The van der Waals surface area contributed by atoms with Gasteiger partial charge in [0.1, 0.15) is 6.10 Å². The highest BCUT2D eigenvalue weighted by atomic mass is 32.2. The Morgan fingerprint density at radius 3 is 2.71 bits per heavy atom. The van der Waals surface area contributed by atoms with Crippen LogP contribution in [0, 0.1) is 0 Å². The van der Waals surface area contributed by atoms with E-state index in [1.165, 1.54) is 6.26 Å². The second kappa shape index (κ2) is 4.70. The van der Waals surface area contributed by atoms with Gasteiger partial charge < -0.3 is 4.74 Å². The summed E-state index contributed by atoms with van der Waals surface area (Å²) in [6.07, 6.45) is 2.14. The molecule has 0 N–H and O–H groups in total. The Morgan fingerprint density at radius 2 is 2.21 bits per heavy atom. The number of alkyl halides is 2. The summed E-state index contributed by atoms with van der Waals surface area (Å²) in [5.74, 6) is 0. The van der Waals surface area contributed by atoms with Crippen molar-refractivity contribution in [2.45, 2.75) is 18.5 Å². The highest BCUT2D eigenvalue weighted by Crippen LogP contribution is 2.33. The van der Waals surface area contributed by atoms with E-state index in [-0.39, 0.29) is 0 Å². The van der Waals surface area contributed by atoms with Gasteiger partial charge in [0.25, 0.3) is 0 Å². The number of aromatic nitrogens is 1. The van der Waals surface area contributed by atoms with Gasteiger partial charge in [-0.25, -0.2) is 0 Å². The summed E-state index contributed by atoms with van der Waals surface area (Å²) in [6, 6.07) is 5.11. The Kier molecular flexibility index (Phi) is 3.83. The van der Waals surface area contributed by atoms with Crippen molar-refractivity contribution in [2.24, 2.45) is 0 Å². The molecule has 0 fully saturated rings. The number of rotatable bonds is 4. The van der Waals surface area contributed by atoms with Crippen LogP contribution in [0.1, 0.15) is 18.7 Å². The fourth-order valence-electron chi connectivity index (χ4n) is 0.931. The Labute approximate surface area is 85.7 Å². The number of thioether (sulfide) groups is 1. The molecule has 78 valence electrons. The normalized spacial score (nSPS) is 14.0. The van der Waals surface area contributed by atoms with Gasteiger partial charge in [0.15, 0.2) is 0 Å². The molecule has 1 unspecified atom stereocenters. The fraction of sp³-hybridized carbons (Fsp3) is 0.444. The summed E-state index contributed by atoms with van der Waals surface area (Å²) in [5, 5.41) is 0. The molecule has 0 radical (unpaired) electrons. The quantitative estimate of drug-likeness (QED) is 0.726. The Morgan fingerprint density at radius 1 is 1.50 bits per heavy atom. The molecular formula is C9H11F2NOS. The highest BCUT2D eigenvalue weighted by molar-refractivity contribution is 7.99. The van der Waals surface area contributed by atoms with Crippen LogP contribution in [-0.2, 0) is 4.74 Å². The van der Waals surface area contributed by atoms with E-state index < -0.39 is 11.5 Å². The topological polar surface area (TPSA) is 22.1 Å². The Balaban J connectivity index is 2.64. The first kappa shape index (κ1) is 11.4. The van der Waals surface area contributed by atoms with Gasteiger partial charge in [-0.3, -0.25) is 4.98 Å². The predicted molar refractivity (Wildman–Crippen MR) is 52.2 cm³/mol. The third-order valence-electron chi connectivity index (χ3n) is 1.66. The average Bonchev–Trinajstić information content (AvgIpc) is 2.19. The van der Waals surface area contributed by atoms with Crippen molar-refractivity contribution in [1.82, 2.24) is 4.98 Å². The third-order valence-corrected chi connectivity index (χ3v) is 2.23. The van der Waals surface area contributed by atoms with Crippen molar-refractivity contribution in [1.29, 1.82) is 0 Å². The Bertz CT molecular complexity index is 281. The summed E-state index contributed by atoms with van der Waals surface area (Å²) in [5.41, 5.74) is -2.65. The van der Waals surface area contributed by atoms with E-state index in [2.05, 4.69) is 9.72 Å². The second-order valence-corrected chi connectivity index (χ2v) is 3.57. The number of hydrogen-bond acceptors (Lipinski definition) is 3. The van der Waals surface area contributed by atoms with Gasteiger partial charge in [-0.2, -0.15) is 8.78 Å². The fourth-order valence-corrected chi connectivity index (χ4v) is 1.17. The van der Waals surface area contributed by atoms with E-state index >= 15 is 0 Å². The molecule has 1 aromatic rings. The highest BCUT2D eigenvalue weighted by Gasteiger charge is 2.31. The maximum Gasteiger partial charge on any atom is 0.408 e. The molecule has 0 amide bonds. The molecule has 0 aliphatic carbocycles. The zero-order valence-corrected chi connectivity index (χ0v) is 8.72. The van der Waals surface area contributed by atoms with Crippen LogP contribution in [0.3, 0.4) is 0 Å². The lowest BCUT2D eigenvalue weighted by Crippen LogP contribution is -2.18. The predicted octanol–water partition coefficient (Wildman–Crippen LogP) is 3.07. The number of halogens is 2. The second-order valence-electron chi connectivity index (χ2n) is 2.68. The van der Waals surface area contributed by atoms with Gasteiger partial charge in [0.2, 0.25) is 0 Å². The first-order chi connectivity index (χ1) is 6.55. The number of nitrogens with zero attached hydrogens (tertiary/aromatic N) is 1. The molecule has 5 heteroatoms. The monoisotopic (exact) mass is 219 g/mol. The molecule has 0 spiro atoms. The molecule has 0 aromatic carbocycles. The van der Waals surface area contributed by atoms with Crippen LogP contribution in [0.4, 0.5) is 8.78 Å². The molecule has 0 aliphatic rings. The summed E-state index contributed by atoms with van der Waals surface area (Å²) < 4.78 is 30.1. The zero-order valence-electron chi connectivity index (χ0n) is 7.91. The first-order valence-electron chi connectivity index (χ1n) is 4.07. The van der Waals surface area contributed by atoms with Crippen LogP contribution in [0.5, 0.6) is 0 Å². The summed E-state index contributed by atoms with van der Waals surface area (Å²) in [4.78, 5) is 3.93. The molecule has 1 heterocycles. The van der Waals surface area contributed by atoms with Gasteiger partial charge in [0.05, 0.1) is 5.69 Å². The van der Waals surface area contributed by atoms with Gasteiger partial charge in [-0.15, -0.1) is 0 Å². The van der Waals surface area contributed by atoms with Crippen molar-refractivity contribution >= 4 is 11.8 Å². The molecule has 1 aromatic heterocycles. The lowest BCUT2D eigenvalue weighted by molar-refractivity contribution is -0.191. The molecule has 0 saturated heterocycles. The molecular weight excluding hydrogens is 208 g/mol. The van der Waals surface area contributed by atoms with Gasteiger partial charge >= 0.3 is 5.44 Å². The van der Waals surface area contributed by atoms with Gasteiger partial charge in [0, 0.05) is 6.20 Å². The molecule has 0 saturated carbocycles. The van der Waals surface area contributed by atoms with Gasteiger partial charge in [-0.1, -0.05) is 17.8 Å². The van der Waals surface area contributed by atoms with Crippen molar-refractivity contribution in [3.05, 3.63) is 30.1 Å². The molecule has 0 bridgehead atoms. The minimum absolute atomic E-state index is 0.367. The van der Waals surface area contributed by atoms with Crippen LogP contribution in [0.15, 0.2) is 24.4 Å². The third kappa shape index (κ3) is 3.23. The van der Waals surface area contributed by atoms with Crippen LogP contribution in [-0.4, -0.2) is 16.7 Å². The molecule has 1 atom stereocenters. The molecule has 0 aliphatic heterocycles. The smallest absolute Gasteiger partial charge is 0.302 e. The van der Waals surface area contributed by atoms with E-state index in [0.717, 1.165) is 0 Å². The standard InChI is InChI=1S/C9H11F2NOS/c1-7(13-9(10,11)14-2)8-5-3-4-6-12-8/h3-7H,1-2H3. The van der Waals surface area contributed by atoms with Crippen LogP contribution < -0.4 is 0 Å². The SMILES string of the molecule is CSC(F)(F)OC(C)c1ccccn1. The van der Waals surface area contributed by atoms with Crippen molar-refractivity contribution < 1.29 is 13.5 Å². The maximum atomic E-state index is 12.8. The lowest BCUT2D eigenvalue weighted by atomic mass is 10.2. The average molecular weight is 219 g/mol. The minimum atomic E-state index is -3.16. The van der Waals surface area contributed by atoms with Crippen molar-refractivity contribution in [3.8, 4) is 0 Å². The summed E-state index contributed by atoms with van der Waals surface area (Å²) in [6.45, 7) is 1.55. The van der Waals surface area contributed by atoms with Gasteiger partial charge in [-0.05, 0) is 25.3 Å². The molecule has 1 rings (SSSR count). The van der Waals surface area contributed by atoms with E-state index in [0.29, 0.717) is 17.5 Å². The largest absolute Gasteiger partial charge is 0.408 e. The van der Waals surface area contributed by atoms with E-state index in [9.17, 15) is 8.78 Å². The van der Waals surface area contributed by atoms with Crippen LogP contribution in [0.25, 0.3) is 0 Å². The minimum Gasteiger partial charge on any atom is -0.302 e. The lowest BCUT2D eigenvalue weighted by Gasteiger charge is -2.19. The van der Waals surface area contributed by atoms with Crippen molar-refractivity contribution in [2.75, 3.05) is 6.26 Å². The van der Waals surface area contributed by atoms with Crippen LogP contribution in [0.2, 0.25) is 0 Å². The molecule has 2 nitrogen and oxygen atoms in total. The maximum absolute atomic E-state index is 12.8.